The van der Waals surface area contributed by atoms with Crippen LogP contribution in [0.2, 0.25) is 0 Å². The van der Waals surface area contributed by atoms with Crippen LogP contribution in [0.1, 0.15) is 62.5 Å². The van der Waals surface area contributed by atoms with Gasteiger partial charge in [0.05, 0.1) is 19.6 Å². The molecule has 2 saturated heterocycles. The number of anilines is 2. The molecular weight excluding hydrogens is 722 g/mol. The van der Waals surface area contributed by atoms with Crippen LogP contribution in [0.3, 0.4) is 0 Å². The number of likely N-dealkylation sites (tertiary alicyclic amines) is 2. The van der Waals surface area contributed by atoms with E-state index in [0.717, 1.165) is 112 Å². The molecule has 0 aromatic heterocycles. The molecular formula is C40H45F3N4O4S2. The lowest BCUT2D eigenvalue weighted by molar-refractivity contribution is 0.298. The topological polar surface area (TPSA) is 98.8 Å². The first-order chi connectivity index (χ1) is 25.4. The van der Waals surface area contributed by atoms with Gasteiger partial charge in [0, 0.05) is 48.4 Å². The fourth-order valence-electron chi connectivity index (χ4n) is 8.28. The molecule has 0 bridgehead atoms. The molecule has 0 saturated carbocycles. The zero-order chi connectivity index (χ0) is 37.5. The molecule has 8 nitrogen and oxygen atoms in total. The number of halogens is 3. The predicted molar refractivity (Wildman–Crippen MR) is 200 cm³/mol. The summed E-state index contributed by atoms with van der Waals surface area (Å²) in [7, 11) is -7.63. The first kappa shape index (κ1) is 37.4. The minimum Gasteiger partial charge on any atom is -0.381 e. The van der Waals surface area contributed by atoms with E-state index in [-0.39, 0.29) is 25.5 Å². The van der Waals surface area contributed by atoms with Gasteiger partial charge in [-0.15, -0.1) is 0 Å². The number of rotatable bonds is 6. The minimum atomic E-state index is -3.91. The Kier molecular flexibility index (Phi) is 10.6. The standard InChI is InChI=1S/C20H22F2N2O2S.C20H23FN2O2S/c1-2-24-9-7-15-16-11-13(4-6-19(16)23-20(15)8-10-24)27(25,26)14-3-5-17(21)18(22)12-14;1-2-23-10-8-17-18-13-16(6-7-19(18)22-20(17)9-11-23)26(24,25)15-5-3-4-14(21)12-15/h3-6,11-12,15,20,23H,2,7-10H2,1H3;3-7,12-13,17,20,22H,2,8-11H2,1H3/t15-,20+;17-,20+/m00/s1. The molecule has 2 N–H and O–H groups in total. The number of hydrogen-bond donors (Lipinski definition) is 2. The Morgan fingerprint density at radius 2 is 1.02 bits per heavy atom. The highest BCUT2D eigenvalue weighted by molar-refractivity contribution is 7.91. The van der Waals surface area contributed by atoms with E-state index in [9.17, 15) is 30.0 Å². The van der Waals surface area contributed by atoms with Crippen LogP contribution in [0.15, 0.2) is 98.4 Å². The maximum absolute atomic E-state index is 13.5. The molecule has 0 spiro atoms. The summed E-state index contributed by atoms with van der Waals surface area (Å²) in [6.45, 7) is 10.5. The lowest BCUT2D eigenvalue weighted by Crippen LogP contribution is -2.25. The molecule has 0 amide bonds. The maximum atomic E-state index is 13.5. The van der Waals surface area contributed by atoms with E-state index in [2.05, 4.69) is 34.3 Å². The second-order valence-electron chi connectivity index (χ2n) is 14.3. The Bertz CT molecular complexity index is 2220. The number of nitrogens with one attached hydrogen (secondary N) is 2. The molecule has 282 valence electrons. The average molecular weight is 767 g/mol. The zero-order valence-corrected chi connectivity index (χ0v) is 31.5. The number of sulfone groups is 2. The second-order valence-corrected chi connectivity index (χ2v) is 18.2. The van der Waals surface area contributed by atoms with Crippen LogP contribution in [0.5, 0.6) is 0 Å². The quantitative estimate of drug-likeness (QED) is 0.196. The molecule has 4 aromatic rings. The Hall–Kier alpha value is -3.91. The van der Waals surface area contributed by atoms with E-state index in [0.29, 0.717) is 18.0 Å². The fraction of sp³-hybridized carbons (Fsp3) is 0.400. The van der Waals surface area contributed by atoms with Crippen molar-refractivity contribution in [3.63, 3.8) is 0 Å². The monoisotopic (exact) mass is 766 g/mol. The molecule has 13 heteroatoms. The van der Waals surface area contributed by atoms with Crippen molar-refractivity contribution >= 4 is 31.0 Å². The van der Waals surface area contributed by atoms with Gasteiger partial charge in [0.25, 0.3) is 0 Å². The molecule has 0 unspecified atom stereocenters. The third-order valence-electron chi connectivity index (χ3n) is 11.3. The first-order valence-corrected chi connectivity index (χ1v) is 21.3. The molecule has 4 atom stereocenters. The van der Waals surface area contributed by atoms with E-state index in [1.54, 1.807) is 24.3 Å². The summed E-state index contributed by atoms with van der Waals surface area (Å²) in [6.07, 6.45) is 4.05. The molecule has 2 fully saturated rings. The summed E-state index contributed by atoms with van der Waals surface area (Å²) in [5.41, 5.74) is 4.08. The molecule has 4 aromatic carbocycles. The van der Waals surface area contributed by atoms with Crippen LogP contribution in [0.4, 0.5) is 24.5 Å². The van der Waals surface area contributed by atoms with Crippen molar-refractivity contribution in [1.82, 2.24) is 9.80 Å². The van der Waals surface area contributed by atoms with Gasteiger partial charge in [-0.1, -0.05) is 19.9 Å². The minimum absolute atomic E-state index is 0.00187. The molecule has 53 heavy (non-hydrogen) atoms. The molecule has 8 rings (SSSR count). The van der Waals surface area contributed by atoms with Crippen molar-refractivity contribution in [2.75, 3.05) is 49.9 Å². The maximum Gasteiger partial charge on any atom is 0.206 e. The number of benzene rings is 4. The van der Waals surface area contributed by atoms with E-state index < -0.39 is 37.1 Å². The lowest BCUT2D eigenvalue weighted by atomic mass is 9.91. The number of nitrogens with zero attached hydrogens (tertiary/aromatic N) is 2. The Balaban J connectivity index is 0.000000164. The van der Waals surface area contributed by atoms with Gasteiger partial charge in [-0.2, -0.15) is 0 Å². The van der Waals surface area contributed by atoms with Gasteiger partial charge >= 0.3 is 0 Å². The Morgan fingerprint density at radius 1 is 0.566 bits per heavy atom. The summed E-state index contributed by atoms with van der Waals surface area (Å²) in [5.74, 6) is -2.19. The van der Waals surface area contributed by atoms with Gasteiger partial charge in [-0.3, -0.25) is 0 Å². The summed E-state index contributed by atoms with van der Waals surface area (Å²) >= 11 is 0. The average Bonchev–Trinajstić information content (AvgIpc) is 3.51. The highest BCUT2D eigenvalue weighted by atomic mass is 32.2. The van der Waals surface area contributed by atoms with E-state index >= 15 is 0 Å². The Labute approximate surface area is 310 Å². The normalized spacial score (nSPS) is 22.8. The van der Waals surface area contributed by atoms with Crippen molar-refractivity contribution in [3.8, 4) is 0 Å². The second kappa shape index (κ2) is 15.1. The van der Waals surface area contributed by atoms with Crippen molar-refractivity contribution < 1.29 is 30.0 Å². The van der Waals surface area contributed by atoms with E-state index in [1.807, 2.05) is 6.07 Å². The van der Waals surface area contributed by atoms with E-state index in [4.69, 9.17) is 0 Å². The van der Waals surface area contributed by atoms with Gasteiger partial charge < -0.3 is 20.4 Å². The number of hydrogen-bond acceptors (Lipinski definition) is 8. The largest absolute Gasteiger partial charge is 0.381 e. The van der Waals surface area contributed by atoms with Gasteiger partial charge in [-0.25, -0.2) is 30.0 Å². The van der Waals surface area contributed by atoms with Gasteiger partial charge in [-0.05, 0) is 136 Å². The molecule has 0 aliphatic carbocycles. The highest BCUT2D eigenvalue weighted by Crippen LogP contribution is 2.44. The first-order valence-electron chi connectivity index (χ1n) is 18.4. The van der Waals surface area contributed by atoms with Crippen molar-refractivity contribution in [3.05, 3.63) is 107 Å². The fourth-order valence-corrected chi connectivity index (χ4v) is 10.9. The summed E-state index contributed by atoms with van der Waals surface area (Å²) in [6, 6.07) is 18.8. The van der Waals surface area contributed by atoms with Crippen LogP contribution in [0, 0.1) is 17.5 Å². The summed E-state index contributed by atoms with van der Waals surface area (Å²) in [4.78, 5) is 4.96. The zero-order valence-electron chi connectivity index (χ0n) is 29.9. The van der Waals surface area contributed by atoms with Crippen LogP contribution < -0.4 is 10.6 Å². The molecule has 4 heterocycles. The van der Waals surface area contributed by atoms with Crippen molar-refractivity contribution in [2.24, 2.45) is 0 Å². The van der Waals surface area contributed by atoms with Crippen LogP contribution in [-0.4, -0.2) is 78.0 Å². The SMILES string of the molecule is CCN1CC[C@H]2Nc3ccc(S(=O)(=O)c4ccc(F)c(F)c4)cc3[C@@H]2CC1.CCN1CC[C@H]2Nc3ccc(S(=O)(=O)c4cccc(F)c4)cc3[C@@H]2CC1. The van der Waals surface area contributed by atoms with Crippen molar-refractivity contribution in [1.29, 1.82) is 0 Å². The van der Waals surface area contributed by atoms with Gasteiger partial charge in [0.1, 0.15) is 5.82 Å². The summed E-state index contributed by atoms with van der Waals surface area (Å²) < 4.78 is 91.8. The molecule has 4 aliphatic heterocycles. The predicted octanol–water partition coefficient (Wildman–Crippen LogP) is 7.44. The van der Waals surface area contributed by atoms with Crippen molar-refractivity contribution in [2.45, 2.75) is 83.0 Å². The smallest absolute Gasteiger partial charge is 0.206 e. The third-order valence-corrected chi connectivity index (χ3v) is 14.8. The van der Waals surface area contributed by atoms with Gasteiger partial charge in [0.2, 0.25) is 19.7 Å². The molecule has 0 radical (unpaired) electrons. The van der Waals surface area contributed by atoms with Crippen LogP contribution in [0.25, 0.3) is 0 Å². The highest BCUT2D eigenvalue weighted by Gasteiger charge is 2.37. The third kappa shape index (κ3) is 7.45. The van der Waals surface area contributed by atoms with E-state index in [1.165, 1.54) is 24.3 Å². The van der Waals surface area contributed by atoms with Gasteiger partial charge in [0.15, 0.2) is 11.6 Å². The van der Waals surface area contributed by atoms with Crippen LogP contribution >= 0.6 is 0 Å². The Morgan fingerprint density at radius 3 is 1.49 bits per heavy atom. The molecule has 4 aliphatic rings. The number of fused-ring (bicyclic) bond motifs is 6. The lowest BCUT2D eigenvalue weighted by Gasteiger charge is -2.17. The summed E-state index contributed by atoms with van der Waals surface area (Å²) in [5, 5.41) is 7.09. The van der Waals surface area contributed by atoms with Crippen LogP contribution in [-0.2, 0) is 19.7 Å².